The lowest BCUT2D eigenvalue weighted by molar-refractivity contribution is -0.145. The number of ether oxygens (including phenoxy) is 2. The van der Waals surface area contributed by atoms with E-state index in [1.165, 1.54) is 0 Å². The number of carbonyl (C=O) groups is 2. The third-order valence-corrected chi connectivity index (χ3v) is 3.89. The minimum absolute atomic E-state index is 0.412. The van der Waals surface area contributed by atoms with Crippen LogP contribution < -0.4 is 5.32 Å². The quantitative estimate of drug-likeness (QED) is 0.624. The zero-order chi connectivity index (χ0) is 15.3. The van der Waals surface area contributed by atoms with Crippen molar-refractivity contribution in [2.75, 3.05) is 6.61 Å². The van der Waals surface area contributed by atoms with Crippen molar-refractivity contribution in [3.8, 4) is 0 Å². The van der Waals surface area contributed by atoms with Gasteiger partial charge in [-0.3, -0.25) is 0 Å². The van der Waals surface area contributed by atoms with Gasteiger partial charge in [0.25, 0.3) is 0 Å². The van der Waals surface area contributed by atoms with Crippen LogP contribution in [0.2, 0.25) is 25.7 Å². The molecular formula is C13H27NO4Si. The van der Waals surface area contributed by atoms with Crippen molar-refractivity contribution in [1.29, 1.82) is 0 Å². The van der Waals surface area contributed by atoms with Crippen LogP contribution in [0, 0.1) is 0 Å². The summed E-state index contributed by atoms with van der Waals surface area (Å²) in [5, 5.41) is 2.46. The SMILES string of the molecule is CC(NC(=O)OC(C)(C)C)C(=O)OCC[Si](C)(C)C. The largest absolute Gasteiger partial charge is 0.464 e. The predicted molar refractivity (Wildman–Crippen MR) is 77.9 cm³/mol. The van der Waals surface area contributed by atoms with Crippen molar-refractivity contribution in [3.63, 3.8) is 0 Å². The van der Waals surface area contributed by atoms with Gasteiger partial charge < -0.3 is 14.8 Å². The molecule has 0 fully saturated rings. The maximum Gasteiger partial charge on any atom is 0.408 e. The molecule has 0 aromatic heterocycles. The number of rotatable bonds is 5. The number of hydrogen-bond donors (Lipinski definition) is 1. The van der Waals surface area contributed by atoms with E-state index < -0.39 is 31.8 Å². The Kier molecular flexibility index (Phi) is 6.55. The van der Waals surface area contributed by atoms with Gasteiger partial charge in [-0.15, -0.1) is 0 Å². The molecule has 5 nitrogen and oxygen atoms in total. The lowest BCUT2D eigenvalue weighted by Crippen LogP contribution is -2.42. The molecule has 0 bridgehead atoms. The topological polar surface area (TPSA) is 64.6 Å². The van der Waals surface area contributed by atoms with Crippen LogP contribution in [0.25, 0.3) is 0 Å². The first-order valence-electron chi connectivity index (χ1n) is 6.57. The number of nitrogens with one attached hydrogen (secondary N) is 1. The van der Waals surface area contributed by atoms with Crippen molar-refractivity contribution >= 4 is 20.1 Å². The highest BCUT2D eigenvalue weighted by Gasteiger charge is 2.22. The van der Waals surface area contributed by atoms with E-state index in [-0.39, 0.29) is 0 Å². The summed E-state index contributed by atoms with van der Waals surface area (Å²) in [5.74, 6) is -0.427. The van der Waals surface area contributed by atoms with Gasteiger partial charge in [0.15, 0.2) is 0 Å². The van der Waals surface area contributed by atoms with Gasteiger partial charge in [0.1, 0.15) is 11.6 Å². The van der Waals surface area contributed by atoms with Crippen LogP contribution in [0.3, 0.4) is 0 Å². The Bertz CT molecular complexity index is 318. The molecule has 0 aromatic carbocycles. The Morgan fingerprint density at radius 2 is 1.74 bits per heavy atom. The van der Waals surface area contributed by atoms with Crippen molar-refractivity contribution in [2.24, 2.45) is 0 Å². The van der Waals surface area contributed by atoms with Crippen LogP contribution in [0.15, 0.2) is 0 Å². The number of esters is 1. The molecular weight excluding hydrogens is 262 g/mol. The van der Waals surface area contributed by atoms with Gasteiger partial charge in [0, 0.05) is 8.07 Å². The summed E-state index contributed by atoms with van der Waals surface area (Å²) in [5.41, 5.74) is -0.578. The van der Waals surface area contributed by atoms with Crippen LogP contribution in [0.1, 0.15) is 27.7 Å². The van der Waals surface area contributed by atoms with Gasteiger partial charge in [-0.25, -0.2) is 9.59 Å². The van der Waals surface area contributed by atoms with Crippen molar-refractivity contribution in [2.45, 2.75) is 65.0 Å². The summed E-state index contributed by atoms with van der Waals surface area (Å²) in [6.45, 7) is 13.9. The fraction of sp³-hybridized carbons (Fsp3) is 0.846. The van der Waals surface area contributed by atoms with Gasteiger partial charge in [-0.1, -0.05) is 19.6 Å². The van der Waals surface area contributed by atoms with E-state index >= 15 is 0 Å². The molecule has 1 amide bonds. The van der Waals surface area contributed by atoms with E-state index in [9.17, 15) is 9.59 Å². The third-order valence-electron chi connectivity index (χ3n) is 2.18. The number of alkyl carbamates (subject to hydrolysis) is 1. The Morgan fingerprint density at radius 3 is 2.16 bits per heavy atom. The number of carbonyl (C=O) groups excluding carboxylic acids is 2. The molecule has 1 unspecified atom stereocenters. The molecule has 1 N–H and O–H groups in total. The molecule has 6 heteroatoms. The average Bonchev–Trinajstić information content (AvgIpc) is 2.11. The summed E-state index contributed by atoms with van der Waals surface area (Å²) in [4.78, 5) is 23.1. The van der Waals surface area contributed by atoms with Crippen molar-refractivity contribution < 1.29 is 19.1 Å². The minimum atomic E-state index is -1.21. The van der Waals surface area contributed by atoms with Crippen LogP contribution in [0.4, 0.5) is 4.79 Å². The summed E-state index contributed by atoms with van der Waals surface area (Å²) in [6, 6.07) is 0.217. The third kappa shape index (κ3) is 10.6. The summed E-state index contributed by atoms with van der Waals surface area (Å²) >= 11 is 0. The highest BCUT2D eigenvalue weighted by Crippen LogP contribution is 2.09. The van der Waals surface area contributed by atoms with Crippen LogP contribution in [-0.2, 0) is 14.3 Å². The fourth-order valence-corrected chi connectivity index (χ4v) is 1.84. The number of amides is 1. The fourth-order valence-electron chi connectivity index (χ4n) is 1.13. The van der Waals surface area contributed by atoms with Gasteiger partial charge in [0.05, 0.1) is 6.61 Å². The van der Waals surface area contributed by atoms with Crippen LogP contribution >= 0.6 is 0 Å². The van der Waals surface area contributed by atoms with E-state index in [1.54, 1.807) is 27.7 Å². The van der Waals surface area contributed by atoms with E-state index in [4.69, 9.17) is 9.47 Å². The normalized spacial score (nSPS) is 13.6. The summed E-state index contributed by atoms with van der Waals surface area (Å²) < 4.78 is 10.2. The molecule has 0 aliphatic heterocycles. The molecule has 0 radical (unpaired) electrons. The minimum Gasteiger partial charge on any atom is -0.464 e. The molecule has 0 aromatic rings. The van der Waals surface area contributed by atoms with Crippen molar-refractivity contribution in [1.82, 2.24) is 5.32 Å². The maximum atomic E-state index is 11.7. The zero-order valence-corrected chi connectivity index (χ0v) is 14.1. The zero-order valence-electron chi connectivity index (χ0n) is 13.1. The average molecular weight is 289 g/mol. The first kappa shape index (κ1) is 18.0. The van der Waals surface area contributed by atoms with E-state index in [2.05, 4.69) is 25.0 Å². The first-order valence-corrected chi connectivity index (χ1v) is 10.3. The maximum absolute atomic E-state index is 11.7. The van der Waals surface area contributed by atoms with Gasteiger partial charge in [-0.2, -0.15) is 0 Å². The smallest absolute Gasteiger partial charge is 0.408 e. The van der Waals surface area contributed by atoms with E-state index in [0.717, 1.165) is 6.04 Å². The molecule has 0 spiro atoms. The molecule has 0 saturated heterocycles. The second-order valence-corrected chi connectivity index (χ2v) is 12.5. The molecule has 19 heavy (non-hydrogen) atoms. The molecule has 112 valence electrons. The first-order chi connectivity index (χ1) is 8.41. The number of hydrogen-bond acceptors (Lipinski definition) is 4. The second-order valence-electron chi connectivity index (χ2n) is 6.85. The Labute approximate surface area is 117 Å². The molecule has 0 rings (SSSR count). The molecule has 0 aliphatic carbocycles. The Hall–Kier alpha value is -1.04. The van der Waals surface area contributed by atoms with E-state index in [1.807, 2.05) is 0 Å². The molecule has 1 atom stereocenters. The lowest BCUT2D eigenvalue weighted by atomic mass is 10.2. The van der Waals surface area contributed by atoms with E-state index in [0.29, 0.717) is 6.61 Å². The standard InChI is InChI=1S/C13H27NO4Si/c1-10(14-12(16)18-13(2,3)4)11(15)17-8-9-19(5,6)7/h10H,8-9H2,1-7H3,(H,14,16). The molecule has 0 saturated carbocycles. The van der Waals surface area contributed by atoms with Crippen LogP contribution in [0.5, 0.6) is 0 Å². The Balaban J connectivity index is 4.04. The van der Waals surface area contributed by atoms with Crippen molar-refractivity contribution in [3.05, 3.63) is 0 Å². The highest BCUT2D eigenvalue weighted by molar-refractivity contribution is 6.76. The lowest BCUT2D eigenvalue weighted by Gasteiger charge is -2.21. The van der Waals surface area contributed by atoms with Gasteiger partial charge in [-0.05, 0) is 33.7 Å². The summed E-state index contributed by atoms with van der Waals surface area (Å²) in [7, 11) is -1.21. The predicted octanol–water partition coefficient (Wildman–Crippen LogP) is 2.78. The van der Waals surface area contributed by atoms with Gasteiger partial charge >= 0.3 is 12.1 Å². The second kappa shape index (κ2) is 6.93. The molecule has 0 aliphatic rings. The summed E-state index contributed by atoms with van der Waals surface area (Å²) in [6.07, 6.45) is -0.609. The monoisotopic (exact) mass is 289 g/mol. The Morgan fingerprint density at radius 1 is 1.21 bits per heavy atom. The highest BCUT2D eigenvalue weighted by atomic mass is 28.3. The molecule has 0 heterocycles. The van der Waals surface area contributed by atoms with Crippen LogP contribution in [-0.4, -0.2) is 38.4 Å². The van der Waals surface area contributed by atoms with Gasteiger partial charge in [0.2, 0.25) is 0 Å².